The first-order valence-electron chi connectivity index (χ1n) is 7.37. The summed E-state index contributed by atoms with van der Waals surface area (Å²) in [6.07, 6.45) is 3.15. The molecule has 1 aliphatic rings. The summed E-state index contributed by atoms with van der Waals surface area (Å²) in [4.78, 5) is 24.9. The molecule has 0 radical (unpaired) electrons. The Hall–Kier alpha value is -2.04. The summed E-state index contributed by atoms with van der Waals surface area (Å²) in [5.41, 5.74) is 5.99. The van der Waals surface area contributed by atoms with E-state index in [1.807, 2.05) is 19.1 Å². The molecule has 3 N–H and O–H groups in total. The molecular formula is C16H22N2O3. The third kappa shape index (κ3) is 3.17. The van der Waals surface area contributed by atoms with Crippen molar-refractivity contribution in [2.75, 3.05) is 18.0 Å². The number of anilines is 1. The first kappa shape index (κ1) is 15.4. The molecular weight excluding hydrogens is 268 g/mol. The van der Waals surface area contributed by atoms with Gasteiger partial charge in [-0.1, -0.05) is 13.3 Å². The molecule has 0 aliphatic carbocycles. The van der Waals surface area contributed by atoms with Gasteiger partial charge in [0.1, 0.15) is 0 Å². The molecule has 1 aliphatic heterocycles. The largest absolute Gasteiger partial charge is 0.481 e. The zero-order valence-corrected chi connectivity index (χ0v) is 12.3. The van der Waals surface area contributed by atoms with Crippen LogP contribution in [0, 0.1) is 5.41 Å². The van der Waals surface area contributed by atoms with Crippen LogP contribution in [-0.4, -0.2) is 30.1 Å². The maximum absolute atomic E-state index is 11.7. The Balaban J connectivity index is 2.20. The molecule has 0 spiro atoms. The highest BCUT2D eigenvalue weighted by Gasteiger charge is 2.41. The molecule has 1 aromatic carbocycles. The summed E-state index contributed by atoms with van der Waals surface area (Å²) in [5, 5.41) is 9.61. The number of carboxylic acid groups (broad SMARTS) is 1. The number of carbonyl (C=O) groups is 2. The molecule has 0 saturated carbocycles. The number of aliphatic carboxylic acids is 1. The number of carboxylic acids is 1. The molecule has 1 heterocycles. The minimum absolute atomic E-state index is 0.453. The lowest BCUT2D eigenvalue weighted by Gasteiger charge is -2.41. The van der Waals surface area contributed by atoms with Crippen LogP contribution in [0.3, 0.4) is 0 Å². The first-order chi connectivity index (χ1) is 9.98. The van der Waals surface area contributed by atoms with Crippen LogP contribution in [0.5, 0.6) is 0 Å². The molecule has 1 amide bonds. The van der Waals surface area contributed by atoms with Gasteiger partial charge in [0.25, 0.3) is 0 Å². The second-order valence-corrected chi connectivity index (χ2v) is 5.77. The highest BCUT2D eigenvalue weighted by molar-refractivity contribution is 5.93. The van der Waals surface area contributed by atoms with Gasteiger partial charge in [-0.25, -0.2) is 0 Å². The number of hydrogen-bond donors (Lipinski definition) is 2. The fourth-order valence-corrected chi connectivity index (χ4v) is 3.15. The van der Waals surface area contributed by atoms with Gasteiger partial charge in [-0.15, -0.1) is 0 Å². The lowest BCUT2D eigenvalue weighted by molar-refractivity contribution is -0.150. The van der Waals surface area contributed by atoms with Crippen LogP contribution in [0.1, 0.15) is 43.0 Å². The van der Waals surface area contributed by atoms with Gasteiger partial charge in [0, 0.05) is 24.3 Å². The minimum Gasteiger partial charge on any atom is -0.481 e. The lowest BCUT2D eigenvalue weighted by atomic mass is 9.76. The van der Waals surface area contributed by atoms with Crippen molar-refractivity contribution in [3.8, 4) is 0 Å². The molecule has 1 aromatic rings. The SMILES string of the molecule is CCCC1(C(=O)O)CCCN(c2ccc(C(N)=O)cc2)C1. The molecule has 2 rings (SSSR count). The Morgan fingerprint density at radius 3 is 2.52 bits per heavy atom. The van der Waals surface area contributed by atoms with E-state index in [0.717, 1.165) is 31.5 Å². The third-order valence-corrected chi connectivity index (χ3v) is 4.28. The molecule has 114 valence electrons. The number of primary amides is 1. The average Bonchev–Trinajstić information content (AvgIpc) is 2.48. The fourth-order valence-electron chi connectivity index (χ4n) is 3.15. The molecule has 21 heavy (non-hydrogen) atoms. The van der Waals surface area contributed by atoms with E-state index in [1.54, 1.807) is 12.1 Å². The summed E-state index contributed by atoms with van der Waals surface area (Å²) in [6, 6.07) is 7.05. The second-order valence-electron chi connectivity index (χ2n) is 5.77. The Bertz CT molecular complexity index is 523. The smallest absolute Gasteiger partial charge is 0.311 e. The number of hydrogen-bond acceptors (Lipinski definition) is 3. The van der Waals surface area contributed by atoms with Crippen LogP contribution >= 0.6 is 0 Å². The number of carbonyl (C=O) groups excluding carboxylic acids is 1. The number of nitrogens with zero attached hydrogens (tertiary/aromatic N) is 1. The normalized spacial score (nSPS) is 22.0. The lowest BCUT2D eigenvalue weighted by Crippen LogP contribution is -2.48. The number of rotatable bonds is 5. The van der Waals surface area contributed by atoms with Crippen LogP contribution < -0.4 is 10.6 Å². The number of amides is 1. The predicted molar refractivity (Wildman–Crippen MR) is 81.4 cm³/mol. The molecule has 1 fully saturated rings. The van der Waals surface area contributed by atoms with Gasteiger partial charge in [0.05, 0.1) is 5.41 Å². The average molecular weight is 290 g/mol. The second kappa shape index (κ2) is 6.16. The van der Waals surface area contributed by atoms with Crippen molar-refractivity contribution < 1.29 is 14.7 Å². The summed E-state index contributed by atoms with van der Waals surface area (Å²) in [5.74, 6) is -1.16. The molecule has 5 nitrogen and oxygen atoms in total. The summed E-state index contributed by atoms with van der Waals surface area (Å²) < 4.78 is 0. The number of benzene rings is 1. The van der Waals surface area contributed by atoms with E-state index < -0.39 is 17.3 Å². The van der Waals surface area contributed by atoms with Crippen LogP contribution in [0.4, 0.5) is 5.69 Å². The Morgan fingerprint density at radius 1 is 1.33 bits per heavy atom. The predicted octanol–water partition coefficient (Wildman–Crippen LogP) is 2.26. The summed E-state index contributed by atoms with van der Waals surface area (Å²) in [6.45, 7) is 3.38. The molecule has 5 heteroatoms. The van der Waals surface area contributed by atoms with Crippen LogP contribution in [0.25, 0.3) is 0 Å². The van der Waals surface area contributed by atoms with Gasteiger partial charge in [0.2, 0.25) is 5.91 Å². The number of piperidine rings is 1. The fraction of sp³-hybridized carbons (Fsp3) is 0.500. The van der Waals surface area contributed by atoms with E-state index >= 15 is 0 Å². The quantitative estimate of drug-likeness (QED) is 0.871. The summed E-state index contributed by atoms with van der Waals surface area (Å²) in [7, 11) is 0. The van der Waals surface area contributed by atoms with Gasteiger partial charge in [0.15, 0.2) is 0 Å². The van der Waals surface area contributed by atoms with Crippen LogP contribution in [0.15, 0.2) is 24.3 Å². The highest BCUT2D eigenvalue weighted by atomic mass is 16.4. The first-order valence-corrected chi connectivity index (χ1v) is 7.37. The monoisotopic (exact) mass is 290 g/mol. The molecule has 1 atom stereocenters. The van der Waals surface area contributed by atoms with Gasteiger partial charge in [-0.3, -0.25) is 9.59 Å². The van der Waals surface area contributed by atoms with E-state index in [0.29, 0.717) is 18.5 Å². The standard InChI is InChI=1S/C16H22N2O3/c1-2-8-16(15(20)21)9-3-10-18(11-16)13-6-4-12(5-7-13)14(17)19/h4-7H,2-3,8-11H2,1H3,(H2,17,19)(H,20,21). The van der Waals surface area contributed by atoms with Gasteiger partial charge < -0.3 is 15.7 Å². The van der Waals surface area contributed by atoms with Gasteiger partial charge >= 0.3 is 5.97 Å². The molecule has 0 bridgehead atoms. The van der Waals surface area contributed by atoms with E-state index in [-0.39, 0.29) is 0 Å². The van der Waals surface area contributed by atoms with Crippen molar-refractivity contribution in [2.45, 2.75) is 32.6 Å². The van der Waals surface area contributed by atoms with Crippen molar-refractivity contribution in [1.82, 2.24) is 0 Å². The molecule has 1 saturated heterocycles. The van der Waals surface area contributed by atoms with E-state index in [9.17, 15) is 14.7 Å². The van der Waals surface area contributed by atoms with Crippen LogP contribution in [-0.2, 0) is 4.79 Å². The third-order valence-electron chi connectivity index (χ3n) is 4.28. The maximum Gasteiger partial charge on any atom is 0.311 e. The van der Waals surface area contributed by atoms with Crippen molar-refractivity contribution in [1.29, 1.82) is 0 Å². The van der Waals surface area contributed by atoms with Crippen molar-refractivity contribution >= 4 is 17.6 Å². The maximum atomic E-state index is 11.7. The Morgan fingerprint density at radius 2 is 2.00 bits per heavy atom. The van der Waals surface area contributed by atoms with E-state index in [1.165, 1.54) is 0 Å². The Kier molecular flexibility index (Phi) is 4.50. The van der Waals surface area contributed by atoms with Crippen molar-refractivity contribution in [2.24, 2.45) is 11.1 Å². The van der Waals surface area contributed by atoms with Gasteiger partial charge in [-0.2, -0.15) is 0 Å². The summed E-state index contributed by atoms with van der Waals surface area (Å²) >= 11 is 0. The number of nitrogens with two attached hydrogens (primary N) is 1. The molecule has 1 unspecified atom stereocenters. The highest BCUT2D eigenvalue weighted by Crippen LogP contribution is 2.36. The van der Waals surface area contributed by atoms with Crippen LogP contribution in [0.2, 0.25) is 0 Å². The minimum atomic E-state index is -0.706. The van der Waals surface area contributed by atoms with E-state index in [4.69, 9.17) is 5.73 Å². The van der Waals surface area contributed by atoms with E-state index in [2.05, 4.69) is 4.90 Å². The van der Waals surface area contributed by atoms with Crippen molar-refractivity contribution in [3.05, 3.63) is 29.8 Å². The zero-order chi connectivity index (χ0) is 15.5. The topological polar surface area (TPSA) is 83.6 Å². The van der Waals surface area contributed by atoms with Gasteiger partial charge in [-0.05, 0) is 43.5 Å². The molecule has 0 aromatic heterocycles. The Labute approximate surface area is 124 Å². The van der Waals surface area contributed by atoms with Crippen molar-refractivity contribution in [3.63, 3.8) is 0 Å². The zero-order valence-electron chi connectivity index (χ0n) is 12.3.